The molecule has 19 heavy (non-hydrogen) atoms. The molecule has 102 valence electrons. The highest BCUT2D eigenvalue weighted by atomic mass is 16.5. The summed E-state index contributed by atoms with van der Waals surface area (Å²) in [5, 5.41) is 7.40. The van der Waals surface area contributed by atoms with Gasteiger partial charge in [0.05, 0.1) is 18.0 Å². The molecule has 2 aromatic heterocycles. The Morgan fingerprint density at radius 3 is 2.89 bits per heavy atom. The quantitative estimate of drug-likeness (QED) is 0.866. The lowest BCUT2D eigenvalue weighted by atomic mass is 10.3. The minimum Gasteiger partial charge on any atom is -0.435 e. The van der Waals surface area contributed by atoms with Gasteiger partial charge in [0.1, 0.15) is 12.1 Å². The van der Waals surface area contributed by atoms with Gasteiger partial charge in [0.15, 0.2) is 5.75 Å². The van der Waals surface area contributed by atoms with Gasteiger partial charge in [-0.15, -0.1) is 0 Å². The molecule has 0 fully saturated rings. The molecule has 6 nitrogen and oxygen atoms in total. The Labute approximate surface area is 112 Å². The number of hydrogen-bond acceptors (Lipinski definition) is 5. The van der Waals surface area contributed by atoms with E-state index in [1.807, 2.05) is 24.7 Å². The molecule has 0 aliphatic carbocycles. The number of hydrogen-bond donors (Lipinski definition) is 1. The van der Waals surface area contributed by atoms with Crippen molar-refractivity contribution in [3.8, 4) is 11.6 Å². The molecule has 0 saturated heterocycles. The lowest BCUT2D eigenvalue weighted by molar-refractivity contribution is 0.456. The lowest BCUT2D eigenvalue weighted by Gasteiger charge is -2.09. The van der Waals surface area contributed by atoms with Crippen molar-refractivity contribution >= 4 is 5.82 Å². The zero-order valence-electron chi connectivity index (χ0n) is 11.6. The fourth-order valence-electron chi connectivity index (χ4n) is 1.74. The summed E-state index contributed by atoms with van der Waals surface area (Å²) in [5.41, 5.74) is 0.896. The third-order valence-electron chi connectivity index (χ3n) is 2.66. The molecular formula is C13H19N5O. The minimum absolute atomic E-state index is 0.557. The number of nitrogens with zero attached hydrogens (tertiary/aromatic N) is 4. The Morgan fingerprint density at radius 2 is 2.16 bits per heavy atom. The van der Waals surface area contributed by atoms with Crippen LogP contribution in [0.3, 0.4) is 0 Å². The van der Waals surface area contributed by atoms with E-state index in [4.69, 9.17) is 4.74 Å². The van der Waals surface area contributed by atoms with Crippen molar-refractivity contribution in [3.05, 3.63) is 24.3 Å². The van der Waals surface area contributed by atoms with Crippen LogP contribution in [0.15, 0.2) is 18.7 Å². The normalized spacial score (nSPS) is 10.5. The zero-order valence-corrected chi connectivity index (χ0v) is 11.6. The summed E-state index contributed by atoms with van der Waals surface area (Å²) in [4.78, 5) is 8.34. The number of aryl methyl sites for hydroxylation is 1. The molecule has 0 radical (unpaired) electrons. The van der Waals surface area contributed by atoms with E-state index in [-0.39, 0.29) is 0 Å². The van der Waals surface area contributed by atoms with E-state index >= 15 is 0 Å². The molecule has 0 spiro atoms. The Balaban J connectivity index is 2.15. The van der Waals surface area contributed by atoms with Crippen molar-refractivity contribution in [2.45, 2.75) is 33.7 Å². The van der Waals surface area contributed by atoms with Crippen molar-refractivity contribution in [3.63, 3.8) is 0 Å². The van der Waals surface area contributed by atoms with Crippen molar-refractivity contribution in [1.82, 2.24) is 19.7 Å². The van der Waals surface area contributed by atoms with E-state index in [9.17, 15) is 0 Å². The van der Waals surface area contributed by atoms with Crippen LogP contribution in [-0.2, 0) is 6.54 Å². The van der Waals surface area contributed by atoms with E-state index in [0.29, 0.717) is 11.6 Å². The number of nitrogens with one attached hydrogen (secondary N) is 1. The van der Waals surface area contributed by atoms with Crippen LogP contribution in [0.2, 0.25) is 0 Å². The first-order chi connectivity index (χ1) is 9.24. The van der Waals surface area contributed by atoms with Crippen LogP contribution in [0.1, 0.15) is 25.8 Å². The lowest BCUT2D eigenvalue weighted by Crippen LogP contribution is -2.03. The molecular weight excluding hydrogens is 242 g/mol. The van der Waals surface area contributed by atoms with E-state index < -0.39 is 0 Å². The summed E-state index contributed by atoms with van der Waals surface area (Å²) in [6.45, 7) is 7.76. The van der Waals surface area contributed by atoms with Crippen molar-refractivity contribution in [1.29, 1.82) is 0 Å². The topological polar surface area (TPSA) is 64.9 Å². The van der Waals surface area contributed by atoms with Gasteiger partial charge in [0.25, 0.3) is 0 Å². The zero-order chi connectivity index (χ0) is 13.7. The molecule has 0 saturated carbocycles. The van der Waals surface area contributed by atoms with E-state index in [2.05, 4.69) is 27.3 Å². The maximum Gasteiger partial charge on any atom is 0.227 e. The predicted octanol–water partition coefficient (Wildman–Crippen LogP) is 2.62. The van der Waals surface area contributed by atoms with Gasteiger partial charge in [-0.05, 0) is 20.3 Å². The summed E-state index contributed by atoms with van der Waals surface area (Å²) in [5.74, 6) is 2.05. The first-order valence-electron chi connectivity index (χ1n) is 6.50. The van der Waals surface area contributed by atoms with Gasteiger partial charge in [-0.2, -0.15) is 5.10 Å². The largest absolute Gasteiger partial charge is 0.435 e. The number of ether oxygens (including phenoxy) is 1. The highest BCUT2D eigenvalue weighted by Gasteiger charge is 2.09. The standard InChI is InChI=1S/C13H19N5O/c1-4-6-18-8-11(7-17-18)19-13-10(3)12(14-5-2)15-9-16-13/h7-9H,4-6H2,1-3H3,(H,14,15,16). The Bertz CT molecular complexity index is 538. The Morgan fingerprint density at radius 1 is 1.32 bits per heavy atom. The fraction of sp³-hybridized carbons (Fsp3) is 0.462. The third kappa shape index (κ3) is 3.21. The van der Waals surface area contributed by atoms with Crippen LogP contribution in [-0.4, -0.2) is 26.3 Å². The smallest absolute Gasteiger partial charge is 0.227 e. The van der Waals surface area contributed by atoms with Crippen LogP contribution in [0.5, 0.6) is 11.6 Å². The SMILES string of the molecule is CCCn1cc(Oc2ncnc(NCC)c2C)cn1. The Hall–Kier alpha value is -2.11. The van der Waals surface area contributed by atoms with Gasteiger partial charge >= 0.3 is 0 Å². The molecule has 0 aromatic carbocycles. The van der Waals surface area contributed by atoms with Gasteiger partial charge in [-0.25, -0.2) is 9.97 Å². The van der Waals surface area contributed by atoms with Crippen LogP contribution in [0, 0.1) is 6.92 Å². The van der Waals surface area contributed by atoms with E-state index in [0.717, 1.165) is 30.9 Å². The first-order valence-corrected chi connectivity index (χ1v) is 6.50. The predicted molar refractivity (Wildman–Crippen MR) is 73.5 cm³/mol. The van der Waals surface area contributed by atoms with Crippen molar-refractivity contribution < 1.29 is 4.74 Å². The second-order valence-electron chi connectivity index (χ2n) is 4.22. The van der Waals surface area contributed by atoms with Gasteiger partial charge in [0, 0.05) is 13.1 Å². The molecule has 6 heteroatoms. The average Bonchev–Trinajstić information content (AvgIpc) is 2.83. The molecule has 0 bridgehead atoms. The number of aromatic nitrogens is 4. The molecule has 2 heterocycles. The van der Waals surface area contributed by atoms with E-state index in [1.54, 1.807) is 6.20 Å². The van der Waals surface area contributed by atoms with Crippen LogP contribution in [0.25, 0.3) is 0 Å². The monoisotopic (exact) mass is 261 g/mol. The van der Waals surface area contributed by atoms with Gasteiger partial charge < -0.3 is 10.1 Å². The minimum atomic E-state index is 0.557. The highest BCUT2D eigenvalue weighted by molar-refractivity contribution is 5.48. The molecule has 0 atom stereocenters. The van der Waals surface area contributed by atoms with Gasteiger partial charge in [-0.1, -0.05) is 6.92 Å². The van der Waals surface area contributed by atoms with Crippen LogP contribution >= 0.6 is 0 Å². The molecule has 1 N–H and O–H groups in total. The second-order valence-corrected chi connectivity index (χ2v) is 4.22. The van der Waals surface area contributed by atoms with Crippen LogP contribution in [0.4, 0.5) is 5.82 Å². The Kier molecular flexibility index (Phi) is 4.33. The van der Waals surface area contributed by atoms with E-state index in [1.165, 1.54) is 6.33 Å². The summed E-state index contributed by atoms with van der Waals surface area (Å²) in [7, 11) is 0. The van der Waals surface area contributed by atoms with Crippen molar-refractivity contribution in [2.75, 3.05) is 11.9 Å². The van der Waals surface area contributed by atoms with Crippen LogP contribution < -0.4 is 10.1 Å². The summed E-state index contributed by atoms with van der Waals surface area (Å²) >= 11 is 0. The maximum atomic E-state index is 5.75. The summed E-state index contributed by atoms with van der Waals surface area (Å²) in [6.07, 6.45) is 6.11. The molecule has 0 unspecified atom stereocenters. The van der Waals surface area contributed by atoms with Gasteiger partial charge in [0.2, 0.25) is 5.88 Å². The molecule has 0 amide bonds. The molecule has 2 rings (SSSR count). The second kappa shape index (κ2) is 6.17. The van der Waals surface area contributed by atoms with Gasteiger partial charge in [-0.3, -0.25) is 4.68 Å². The fourth-order valence-corrected chi connectivity index (χ4v) is 1.74. The highest BCUT2D eigenvalue weighted by Crippen LogP contribution is 2.25. The third-order valence-corrected chi connectivity index (χ3v) is 2.66. The van der Waals surface area contributed by atoms with Crippen molar-refractivity contribution in [2.24, 2.45) is 0 Å². The average molecular weight is 261 g/mol. The maximum absolute atomic E-state index is 5.75. The summed E-state index contributed by atoms with van der Waals surface area (Å²) < 4.78 is 7.61. The first kappa shape index (κ1) is 13.3. The molecule has 0 aliphatic heterocycles. The number of rotatable bonds is 6. The molecule has 2 aromatic rings. The summed E-state index contributed by atoms with van der Waals surface area (Å²) in [6, 6.07) is 0. The number of anilines is 1. The molecule has 0 aliphatic rings.